The molecule has 2 aliphatic heterocycles. The molecule has 3 unspecified atom stereocenters. The predicted octanol–water partition coefficient (Wildman–Crippen LogP) is 0.739. The Morgan fingerprint density at radius 2 is 1.60 bits per heavy atom. The third kappa shape index (κ3) is 3.25. The molecule has 0 bridgehead atoms. The first-order valence-electron chi connectivity index (χ1n) is 9.05. The van der Waals surface area contributed by atoms with Gasteiger partial charge in [-0.1, -0.05) is 30.3 Å². The zero-order valence-electron chi connectivity index (χ0n) is 14.2. The first kappa shape index (κ1) is 16.1. The zero-order valence-corrected chi connectivity index (χ0v) is 14.2. The van der Waals surface area contributed by atoms with Crippen molar-refractivity contribution in [2.75, 3.05) is 26.2 Å². The van der Waals surface area contributed by atoms with Crippen molar-refractivity contribution >= 4 is 17.7 Å². The molecule has 1 aromatic carbocycles. The largest absolute Gasteiger partial charge is 0.344 e. The molecule has 1 aromatic rings. The van der Waals surface area contributed by atoms with Gasteiger partial charge in [0.2, 0.25) is 17.7 Å². The molecule has 3 aliphatic rings. The van der Waals surface area contributed by atoms with Gasteiger partial charge in [0.1, 0.15) is 6.04 Å². The third-order valence-corrected chi connectivity index (χ3v) is 5.53. The van der Waals surface area contributed by atoms with Crippen LogP contribution in [0.2, 0.25) is 0 Å². The molecule has 1 saturated carbocycles. The van der Waals surface area contributed by atoms with Crippen LogP contribution in [0.25, 0.3) is 0 Å². The van der Waals surface area contributed by atoms with Gasteiger partial charge in [0, 0.05) is 38.5 Å². The minimum Gasteiger partial charge on any atom is -0.344 e. The number of rotatable bonds is 3. The highest BCUT2D eigenvalue weighted by Gasteiger charge is 2.46. The molecule has 6 heteroatoms. The summed E-state index contributed by atoms with van der Waals surface area (Å²) in [5.74, 6) is 0.607. The highest BCUT2D eigenvalue weighted by atomic mass is 16.2. The van der Waals surface area contributed by atoms with Crippen molar-refractivity contribution in [3.63, 3.8) is 0 Å². The van der Waals surface area contributed by atoms with Gasteiger partial charge in [0.05, 0.1) is 0 Å². The lowest BCUT2D eigenvalue weighted by Gasteiger charge is -2.36. The van der Waals surface area contributed by atoms with Gasteiger partial charge >= 0.3 is 0 Å². The molecule has 4 rings (SSSR count). The van der Waals surface area contributed by atoms with Crippen LogP contribution in [0.4, 0.5) is 0 Å². The molecule has 0 radical (unpaired) electrons. The van der Waals surface area contributed by atoms with Gasteiger partial charge in [0.15, 0.2) is 0 Å². The van der Waals surface area contributed by atoms with Crippen molar-refractivity contribution < 1.29 is 14.4 Å². The number of amides is 3. The number of piperazine rings is 1. The Kier molecular flexibility index (Phi) is 4.19. The molecule has 1 N–H and O–H groups in total. The van der Waals surface area contributed by atoms with E-state index in [9.17, 15) is 14.4 Å². The Morgan fingerprint density at radius 1 is 0.960 bits per heavy atom. The molecule has 1 aliphatic carbocycles. The Labute approximate surface area is 147 Å². The lowest BCUT2D eigenvalue weighted by molar-refractivity contribution is -0.141. The molecule has 3 fully saturated rings. The highest BCUT2D eigenvalue weighted by molar-refractivity contribution is 5.91. The smallest absolute Gasteiger partial charge is 0.245 e. The number of nitrogens with zero attached hydrogens (tertiary/aromatic N) is 2. The van der Waals surface area contributed by atoms with Crippen LogP contribution in [0.15, 0.2) is 30.3 Å². The Balaban J connectivity index is 1.28. The van der Waals surface area contributed by atoms with E-state index in [1.807, 2.05) is 23.1 Å². The minimum atomic E-state index is -0.374. The highest BCUT2D eigenvalue weighted by Crippen LogP contribution is 2.48. The van der Waals surface area contributed by atoms with Gasteiger partial charge in [-0.25, -0.2) is 0 Å². The maximum atomic E-state index is 12.7. The molecular weight excluding hydrogens is 318 g/mol. The second-order valence-electron chi connectivity index (χ2n) is 7.17. The van der Waals surface area contributed by atoms with Crippen LogP contribution >= 0.6 is 0 Å². The summed E-state index contributed by atoms with van der Waals surface area (Å²) < 4.78 is 0. The van der Waals surface area contributed by atoms with E-state index in [2.05, 4.69) is 17.4 Å². The van der Waals surface area contributed by atoms with Gasteiger partial charge in [-0.3, -0.25) is 14.4 Å². The van der Waals surface area contributed by atoms with Crippen molar-refractivity contribution in [2.45, 2.75) is 31.2 Å². The number of nitrogens with one attached hydrogen (secondary N) is 1. The van der Waals surface area contributed by atoms with Gasteiger partial charge in [-0.2, -0.15) is 0 Å². The maximum absolute atomic E-state index is 12.7. The summed E-state index contributed by atoms with van der Waals surface area (Å²) in [7, 11) is 0. The molecular formula is C19H23N3O3. The Hall–Kier alpha value is -2.37. The summed E-state index contributed by atoms with van der Waals surface area (Å²) in [6.07, 6.45) is 1.94. The fraction of sp³-hybridized carbons (Fsp3) is 0.526. The molecule has 25 heavy (non-hydrogen) atoms. The Bertz CT molecular complexity index is 682. The van der Waals surface area contributed by atoms with Crippen LogP contribution < -0.4 is 5.32 Å². The van der Waals surface area contributed by atoms with Gasteiger partial charge in [-0.15, -0.1) is 0 Å². The molecule has 6 nitrogen and oxygen atoms in total. The van der Waals surface area contributed by atoms with Crippen LogP contribution in [-0.4, -0.2) is 59.7 Å². The number of hydrogen-bond donors (Lipinski definition) is 1. The number of hydrogen-bond acceptors (Lipinski definition) is 3. The topological polar surface area (TPSA) is 69.7 Å². The van der Waals surface area contributed by atoms with Crippen LogP contribution in [0, 0.1) is 5.92 Å². The van der Waals surface area contributed by atoms with Gasteiger partial charge in [-0.05, 0) is 24.3 Å². The molecule has 2 heterocycles. The third-order valence-electron chi connectivity index (χ3n) is 5.53. The standard InChI is InChI=1S/C19H23N3O3/c23-17-7-6-16(20-17)19(25)22-10-8-21(9-11-22)18(24)15-12-14(15)13-4-2-1-3-5-13/h1-5,14-16H,6-12H2,(H,20,23). The summed E-state index contributed by atoms with van der Waals surface area (Å²) >= 11 is 0. The predicted molar refractivity (Wildman–Crippen MR) is 91.6 cm³/mol. The molecule has 0 spiro atoms. The average Bonchev–Trinajstić information content (AvgIpc) is 3.35. The monoisotopic (exact) mass is 341 g/mol. The van der Waals surface area contributed by atoms with Crippen molar-refractivity contribution in [1.29, 1.82) is 0 Å². The molecule has 3 atom stereocenters. The van der Waals surface area contributed by atoms with Crippen molar-refractivity contribution in [3.05, 3.63) is 35.9 Å². The molecule has 3 amide bonds. The number of benzene rings is 1. The minimum absolute atomic E-state index is 0.00784. The molecule has 132 valence electrons. The van der Waals surface area contributed by atoms with E-state index in [0.29, 0.717) is 44.9 Å². The normalized spacial score (nSPS) is 28.6. The van der Waals surface area contributed by atoms with E-state index in [1.54, 1.807) is 4.90 Å². The lowest BCUT2D eigenvalue weighted by atomic mass is 10.1. The van der Waals surface area contributed by atoms with Crippen molar-refractivity contribution in [2.24, 2.45) is 5.92 Å². The van der Waals surface area contributed by atoms with Gasteiger partial charge < -0.3 is 15.1 Å². The summed E-state index contributed by atoms with van der Waals surface area (Å²) in [6.45, 7) is 2.28. The van der Waals surface area contributed by atoms with E-state index in [1.165, 1.54) is 5.56 Å². The summed E-state index contributed by atoms with van der Waals surface area (Å²) in [5, 5.41) is 2.73. The van der Waals surface area contributed by atoms with E-state index in [4.69, 9.17) is 0 Å². The Morgan fingerprint density at radius 3 is 2.20 bits per heavy atom. The van der Waals surface area contributed by atoms with Gasteiger partial charge in [0.25, 0.3) is 0 Å². The molecule has 2 saturated heterocycles. The quantitative estimate of drug-likeness (QED) is 0.882. The van der Waals surface area contributed by atoms with Crippen molar-refractivity contribution in [3.8, 4) is 0 Å². The SMILES string of the molecule is O=C1CCC(C(=O)N2CCN(C(=O)C3CC3c3ccccc3)CC2)N1. The summed E-state index contributed by atoms with van der Waals surface area (Å²) in [6, 6.07) is 9.82. The second-order valence-corrected chi connectivity index (χ2v) is 7.17. The number of carbonyl (C=O) groups is 3. The van der Waals surface area contributed by atoms with Crippen LogP contribution in [0.3, 0.4) is 0 Å². The zero-order chi connectivity index (χ0) is 17.4. The lowest BCUT2D eigenvalue weighted by Crippen LogP contribution is -2.54. The van der Waals surface area contributed by atoms with Crippen LogP contribution in [-0.2, 0) is 14.4 Å². The average molecular weight is 341 g/mol. The van der Waals surface area contributed by atoms with E-state index in [0.717, 1.165) is 6.42 Å². The summed E-state index contributed by atoms with van der Waals surface area (Å²) in [4.78, 5) is 40.0. The first-order valence-corrected chi connectivity index (χ1v) is 9.05. The van der Waals surface area contributed by atoms with E-state index >= 15 is 0 Å². The number of carbonyl (C=O) groups excluding carboxylic acids is 3. The van der Waals surface area contributed by atoms with E-state index < -0.39 is 0 Å². The summed E-state index contributed by atoms with van der Waals surface area (Å²) in [5.41, 5.74) is 1.24. The van der Waals surface area contributed by atoms with E-state index in [-0.39, 0.29) is 29.7 Å². The fourth-order valence-corrected chi connectivity index (χ4v) is 3.94. The fourth-order valence-electron chi connectivity index (χ4n) is 3.94. The molecule has 0 aromatic heterocycles. The van der Waals surface area contributed by atoms with Crippen LogP contribution in [0.5, 0.6) is 0 Å². The second kappa shape index (κ2) is 6.50. The maximum Gasteiger partial charge on any atom is 0.245 e. The van der Waals surface area contributed by atoms with Crippen LogP contribution in [0.1, 0.15) is 30.7 Å². The van der Waals surface area contributed by atoms with Crippen molar-refractivity contribution in [1.82, 2.24) is 15.1 Å². The first-order chi connectivity index (χ1) is 12.1.